The van der Waals surface area contributed by atoms with E-state index in [1.54, 1.807) is 18.2 Å². The summed E-state index contributed by atoms with van der Waals surface area (Å²) in [4.78, 5) is 49.1. The van der Waals surface area contributed by atoms with Crippen LogP contribution in [0.4, 0.5) is 0 Å². The lowest BCUT2D eigenvalue weighted by atomic mass is 9.63. The van der Waals surface area contributed by atoms with E-state index in [4.69, 9.17) is 24.4 Å². The van der Waals surface area contributed by atoms with E-state index in [0.717, 1.165) is 45.4 Å². The molecule has 3 aromatic carbocycles. The maximum atomic E-state index is 12.7. The minimum Gasteiger partial charge on any atom is -0.463 e. The molecule has 50 heavy (non-hydrogen) atoms. The topological polar surface area (TPSA) is 157 Å². The summed E-state index contributed by atoms with van der Waals surface area (Å²) in [5.41, 5.74) is 4.75. The molecule has 2 unspecified atom stereocenters. The third-order valence-electron chi connectivity index (χ3n) is 9.17. The summed E-state index contributed by atoms with van der Waals surface area (Å²) >= 11 is 0. The van der Waals surface area contributed by atoms with Crippen LogP contribution >= 0.6 is 0 Å². The van der Waals surface area contributed by atoms with Gasteiger partial charge in [0.25, 0.3) is 0 Å². The molecule has 0 bridgehead atoms. The largest absolute Gasteiger partial charge is 0.463 e. The number of aryl methyl sites for hydroxylation is 1. The van der Waals surface area contributed by atoms with Crippen molar-refractivity contribution in [3.63, 3.8) is 0 Å². The first-order valence-electron chi connectivity index (χ1n) is 17.4. The molecule has 0 heterocycles. The fraction of sp³-hybridized carbons (Fsp3) is 0.450. The number of carbonyl (C=O) groups is 4. The maximum absolute atomic E-state index is 12.7. The van der Waals surface area contributed by atoms with Crippen LogP contribution in [-0.4, -0.2) is 58.8 Å². The number of fused-ring (bicyclic) bond motifs is 6. The van der Waals surface area contributed by atoms with E-state index in [-0.39, 0.29) is 59.1 Å². The number of carbonyl (C=O) groups excluding carboxylic acids is 4. The number of hydrogen-bond donors (Lipinski definition) is 3. The highest BCUT2D eigenvalue weighted by molar-refractivity contribution is 5.83. The van der Waals surface area contributed by atoms with Gasteiger partial charge < -0.3 is 29.5 Å². The maximum Gasteiger partial charge on any atom is 0.311 e. The normalized spacial score (nSPS) is 18.2. The molecule has 270 valence electrons. The summed E-state index contributed by atoms with van der Waals surface area (Å²) in [6, 6.07) is 17.2. The van der Waals surface area contributed by atoms with Gasteiger partial charge in [0.05, 0.1) is 31.5 Å². The standard InChI is InChI=1S/C38H42O10.C2H6.H2/c1-3-24-6-10-32-33(19-24)37(2,45)23-38(32)30-11-8-28(47-35(43)13-7-27(41)5-4-16-39)21-25(30)20-26-22-29(9-12-31(26)38)48-36(44)15-14-34(42)46-18-17-40;1-2;/h6,8-12,19,21-22,39-40,45H,3-5,7,13-18,20,23H2,1-2H3;1-2H3;1H. The highest BCUT2D eigenvalue weighted by Crippen LogP contribution is 2.59. The molecule has 0 saturated carbocycles. The van der Waals surface area contributed by atoms with Gasteiger partial charge in [-0.1, -0.05) is 51.1 Å². The van der Waals surface area contributed by atoms with Crippen LogP contribution in [0.15, 0.2) is 54.6 Å². The molecule has 0 saturated heterocycles. The zero-order valence-electron chi connectivity index (χ0n) is 29.4. The van der Waals surface area contributed by atoms with Gasteiger partial charge in [-0.05, 0) is 95.8 Å². The van der Waals surface area contributed by atoms with Crippen LogP contribution in [0.3, 0.4) is 0 Å². The second-order valence-electron chi connectivity index (χ2n) is 12.7. The van der Waals surface area contributed by atoms with Crippen molar-refractivity contribution in [2.45, 2.75) is 96.5 Å². The van der Waals surface area contributed by atoms with E-state index in [9.17, 15) is 24.3 Å². The molecule has 2 aliphatic carbocycles. The average molecular weight is 691 g/mol. The number of aliphatic hydroxyl groups is 3. The molecular weight excluding hydrogens is 640 g/mol. The van der Waals surface area contributed by atoms with E-state index in [1.807, 2.05) is 39.0 Å². The molecule has 3 aromatic rings. The number of ketones is 1. The molecule has 0 aliphatic heterocycles. The summed E-state index contributed by atoms with van der Waals surface area (Å²) < 4.78 is 16.1. The van der Waals surface area contributed by atoms with E-state index in [1.165, 1.54) is 0 Å². The molecule has 0 radical (unpaired) electrons. The van der Waals surface area contributed by atoms with Gasteiger partial charge >= 0.3 is 17.9 Å². The molecule has 1 spiro atoms. The molecule has 5 rings (SSSR count). The number of esters is 3. The summed E-state index contributed by atoms with van der Waals surface area (Å²) in [5, 5.41) is 29.6. The van der Waals surface area contributed by atoms with Gasteiger partial charge in [-0.15, -0.1) is 0 Å². The molecule has 0 fully saturated rings. The quantitative estimate of drug-likeness (QED) is 0.143. The predicted octanol–water partition coefficient (Wildman–Crippen LogP) is 5.62. The lowest BCUT2D eigenvalue weighted by molar-refractivity contribution is -0.147. The second kappa shape index (κ2) is 17.0. The van der Waals surface area contributed by atoms with Crippen LogP contribution in [0.1, 0.15) is 113 Å². The summed E-state index contributed by atoms with van der Waals surface area (Å²) in [7, 11) is 0. The van der Waals surface area contributed by atoms with Crippen LogP contribution in [0.2, 0.25) is 0 Å². The SMILES string of the molecule is CC.CCc1ccc2c(c1)C(C)(O)CC21c2ccc(OC(=O)CCC(=O)CCCO)cc2Cc2cc(OC(=O)CCC(=O)OCCO)ccc21.[HH]. The molecule has 2 aliphatic rings. The molecule has 3 N–H and O–H groups in total. The number of rotatable bonds is 14. The van der Waals surface area contributed by atoms with Crippen molar-refractivity contribution in [2.75, 3.05) is 19.8 Å². The molecule has 10 heteroatoms. The van der Waals surface area contributed by atoms with E-state index in [0.29, 0.717) is 30.8 Å². The third-order valence-corrected chi connectivity index (χ3v) is 9.17. The summed E-state index contributed by atoms with van der Waals surface area (Å²) in [6.07, 6.45) is 1.79. The van der Waals surface area contributed by atoms with Gasteiger partial charge in [0.2, 0.25) is 0 Å². The summed E-state index contributed by atoms with van der Waals surface area (Å²) in [5.74, 6) is -1.21. The van der Waals surface area contributed by atoms with Crippen molar-refractivity contribution in [3.8, 4) is 11.5 Å². The Hall–Kier alpha value is -4.38. The zero-order valence-corrected chi connectivity index (χ0v) is 29.4. The lowest BCUT2D eigenvalue weighted by Crippen LogP contribution is -2.34. The molecular formula is C40H50O10. The van der Waals surface area contributed by atoms with Crippen molar-refractivity contribution in [2.24, 2.45) is 0 Å². The Labute approximate surface area is 294 Å². The molecule has 0 aromatic heterocycles. The Bertz CT molecular complexity index is 1630. The van der Waals surface area contributed by atoms with Gasteiger partial charge in [0.15, 0.2) is 0 Å². The number of ether oxygens (including phenoxy) is 3. The van der Waals surface area contributed by atoms with Gasteiger partial charge in [-0.25, -0.2) is 0 Å². The monoisotopic (exact) mass is 690 g/mol. The number of Topliss-reactive ketones (excluding diaryl/α,β-unsaturated/α-hetero) is 1. The first-order chi connectivity index (χ1) is 24.0. The Morgan fingerprint density at radius 1 is 0.720 bits per heavy atom. The van der Waals surface area contributed by atoms with Crippen LogP contribution in [0.5, 0.6) is 11.5 Å². The van der Waals surface area contributed by atoms with Crippen LogP contribution in [-0.2, 0) is 47.8 Å². The minimum absolute atomic E-state index is 0. The predicted molar refractivity (Wildman–Crippen MR) is 188 cm³/mol. The van der Waals surface area contributed by atoms with Crippen molar-refractivity contribution in [1.29, 1.82) is 0 Å². The minimum atomic E-state index is -1.14. The van der Waals surface area contributed by atoms with Crippen LogP contribution < -0.4 is 9.47 Å². The lowest BCUT2D eigenvalue weighted by Gasteiger charge is -2.40. The van der Waals surface area contributed by atoms with E-state index in [2.05, 4.69) is 25.1 Å². The van der Waals surface area contributed by atoms with E-state index < -0.39 is 28.9 Å². The molecule has 2 atom stereocenters. The zero-order chi connectivity index (χ0) is 36.5. The second-order valence-corrected chi connectivity index (χ2v) is 12.7. The highest BCUT2D eigenvalue weighted by atomic mass is 16.5. The van der Waals surface area contributed by atoms with E-state index >= 15 is 0 Å². The van der Waals surface area contributed by atoms with Crippen molar-refractivity contribution in [1.82, 2.24) is 0 Å². The van der Waals surface area contributed by atoms with Crippen LogP contribution in [0, 0.1) is 0 Å². The molecule has 0 amide bonds. The Morgan fingerprint density at radius 3 is 1.84 bits per heavy atom. The first kappa shape index (κ1) is 38.4. The number of benzene rings is 3. The Balaban J connectivity index is 0.00000230. The average Bonchev–Trinajstić information content (AvgIpc) is 3.34. The first-order valence-corrected chi connectivity index (χ1v) is 17.4. The third kappa shape index (κ3) is 8.49. The van der Waals surface area contributed by atoms with Gasteiger partial charge in [-0.3, -0.25) is 19.2 Å². The smallest absolute Gasteiger partial charge is 0.311 e. The van der Waals surface area contributed by atoms with Gasteiger partial charge in [0, 0.05) is 26.3 Å². The van der Waals surface area contributed by atoms with Crippen molar-refractivity contribution >= 4 is 23.7 Å². The fourth-order valence-electron chi connectivity index (χ4n) is 7.00. The fourth-order valence-corrected chi connectivity index (χ4v) is 7.00. The van der Waals surface area contributed by atoms with Crippen molar-refractivity contribution in [3.05, 3.63) is 93.5 Å². The van der Waals surface area contributed by atoms with Gasteiger partial charge in [-0.2, -0.15) is 0 Å². The summed E-state index contributed by atoms with van der Waals surface area (Å²) in [6.45, 7) is 7.38. The van der Waals surface area contributed by atoms with Crippen molar-refractivity contribution < 1.29 is 50.1 Å². The number of aliphatic hydroxyl groups excluding tert-OH is 2. The van der Waals surface area contributed by atoms with Crippen LogP contribution in [0.25, 0.3) is 0 Å². The van der Waals surface area contributed by atoms with Gasteiger partial charge in [0.1, 0.15) is 23.9 Å². The number of hydrogen-bond acceptors (Lipinski definition) is 10. The Morgan fingerprint density at radius 2 is 1.28 bits per heavy atom. The highest BCUT2D eigenvalue weighted by Gasteiger charge is 2.54. The Kier molecular flexibility index (Phi) is 13.1. The molecule has 10 nitrogen and oxygen atoms in total.